The van der Waals surface area contributed by atoms with E-state index in [-0.39, 0.29) is 0 Å². The Morgan fingerprint density at radius 2 is 2.29 bits per heavy atom. The molecule has 0 bridgehead atoms. The molecule has 0 radical (unpaired) electrons. The smallest absolute Gasteiger partial charge is 0.0409 e. The lowest BCUT2D eigenvalue weighted by Crippen LogP contribution is -2.26. The molecule has 1 saturated carbocycles. The topological polar surface area (TPSA) is 12.0 Å². The highest BCUT2D eigenvalue weighted by molar-refractivity contribution is 7.99. The lowest BCUT2D eigenvalue weighted by atomic mass is 10.2. The van der Waals surface area contributed by atoms with Crippen LogP contribution in [-0.2, 0) is 6.54 Å². The maximum atomic E-state index is 5.97. The Hall–Kier alpha value is -0.180. The van der Waals surface area contributed by atoms with Gasteiger partial charge in [0.2, 0.25) is 0 Å². The number of hydrogen-bond acceptors (Lipinski definition) is 2. The third kappa shape index (κ3) is 4.20. The van der Waals surface area contributed by atoms with Gasteiger partial charge in [-0.2, -0.15) is 11.8 Å². The molecule has 1 aliphatic carbocycles. The third-order valence-corrected chi connectivity index (χ3v) is 4.74. The maximum Gasteiger partial charge on any atom is 0.0409 e. The molecule has 0 amide bonds. The largest absolute Gasteiger partial charge is 0.310 e. The Balaban J connectivity index is 1.76. The fourth-order valence-corrected chi connectivity index (χ4v) is 3.78. The van der Waals surface area contributed by atoms with Crippen molar-refractivity contribution in [1.29, 1.82) is 0 Å². The van der Waals surface area contributed by atoms with Crippen LogP contribution in [0.15, 0.2) is 24.3 Å². The van der Waals surface area contributed by atoms with Gasteiger partial charge in [-0.15, -0.1) is 0 Å². The summed E-state index contributed by atoms with van der Waals surface area (Å²) in [5, 5.41) is 5.34. The second-order valence-electron chi connectivity index (χ2n) is 4.60. The zero-order valence-corrected chi connectivity index (χ0v) is 11.9. The minimum Gasteiger partial charge on any atom is -0.310 e. The molecule has 17 heavy (non-hydrogen) atoms. The molecule has 0 saturated heterocycles. The van der Waals surface area contributed by atoms with Crippen LogP contribution in [0.2, 0.25) is 5.02 Å². The minimum atomic E-state index is 0.693. The summed E-state index contributed by atoms with van der Waals surface area (Å²) >= 11 is 8.08. The first-order chi connectivity index (χ1) is 8.28. The molecule has 0 heterocycles. The number of hydrogen-bond donors (Lipinski definition) is 1. The molecule has 1 N–H and O–H groups in total. The molecule has 1 fully saturated rings. The molecule has 0 spiro atoms. The molecule has 1 aromatic rings. The standard InChI is InChI=1S/C14H20ClNS/c1-2-17-14-7-6-13(9-14)16-10-11-4-3-5-12(15)8-11/h3-5,8,13-14,16H,2,6-7,9-10H2,1H3. The van der Waals surface area contributed by atoms with E-state index in [1.807, 2.05) is 18.2 Å². The fourth-order valence-electron chi connectivity index (χ4n) is 2.42. The lowest BCUT2D eigenvalue weighted by Gasteiger charge is -2.13. The number of benzene rings is 1. The molecule has 0 aliphatic heterocycles. The van der Waals surface area contributed by atoms with Crippen LogP contribution in [0.4, 0.5) is 0 Å². The average molecular weight is 270 g/mol. The lowest BCUT2D eigenvalue weighted by molar-refractivity contribution is 0.525. The van der Waals surface area contributed by atoms with Crippen LogP contribution >= 0.6 is 23.4 Å². The van der Waals surface area contributed by atoms with E-state index >= 15 is 0 Å². The van der Waals surface area contributed by atoms with E-state index in [0.29, 0.717) is 6.04 Å². The van der Waals surface area contributed by atoms with E-state index in [4.69, 9.17) is 11.6 Å². The Morgan fingerprint density at radius 1 is 1.41 bits per heavy atom. The van der Waals surface area contributed by atoms with E-state index in [1.54, 1.807) is 0 Å². The Labute approximate surface area is 113 Å². The van der Waals surface area contributed by atoms with Gasteiger partial charge in [0.1, 0.15) is 0 Å². The maximum absolute atomic E-state index is 5.97. The number of thioether (sulfide) groups is 1. The molecule has 1 aliphatic rings. The van der Waals surface area contributed by atoms with Gasteiger partial charge in [0.15, 0.2) is 0 Å². The van der Waals surface area contributed by atoms with E-state index in [2.05, 4.69) is 30.1 Å². The van der Waals surface area contributed by atoms with Gasteiger partial charge < -0.3 is 5.32 Å². The first kappa shape index (κ1) is 13.3. The summed E-state index contributed by atoms with van der Waals surface area (Å²) in [5.41, 5.74) is 1.28. The SMILES string of the molecule is CCSC1CCC(NCc2cccc(Cl)c2)C1. The molecule has 0 aromatic heterocycles. The van der Waals surface area contributed by atoms with Crippen molar-refractivity contribution in [1.82, 2.24) is 5.32 Å². The predicted molar refractivity (Wildman–Crippen MR) is 77.9 cm³/mol. The van der Waals surface area contributed by atoms with Crippen molar-refractivity contribution in [3.8, 4) is 0 Å². The van der Waals surface area contributed by atoms with Gasteiger partial charge in [0.05, 0.1) is 0 Å². The zero-order valence-electron chi connectivity index (χ0n) is 10.3. The number of nitrogens with one attached hydrogen (secondary N) is 1. The van der Waals surface area contributed by atoms with Gasteiger partial charge in [-0.3, -0.25) is 0 Å². The van der Waals surface area contributed by atoms with Crippen molar-refractivity contribution in [2.45, 2.75) is 44.0 Å². The molecule has 1 aromatic carbocycles. The Morgan fingerprint density at radius 3 is 3.06 bits per heavy atom. The normalized spacial score (nSPS) is 24.1. The van der Waals surface area contributed by atoms with Crippen LogP contribution in [0.5, 0.6) is 0 Å². The van der Waals surface area contributed by atoms with Crippen LogP contribution in [0.3, 0.4) is 0 Å². The van der Waals surface area contributed by atoms with E-state index < -0.39 is 0 Å². The van der Waals surface area contributed by atoms with Crippen LogP contribution in [0.25, 0.3) is 0 Å². The summed E-state index contributed by atoms with van der Waals surface area (Å²) in [4.78, 5) is 0. The van der Waals surface area contributed by atoms with Gasteiger partial charge in [0.25, 0.3) is 0 Å². The van der Waals surface area contributed by atoms with Gasteiger partial charge in [-0.25, -0.2) is 0 Å². The second-order valence-corrected chi connectivity index (χ2v) is 6.61. The van der Waals surface area contributed by atoms with Crippen molar-refractivity contribution in [2.24, 2.45) is 0 Å². The summed E-state index contributed by atoms with van der Waals surface area (Å²) in [6.45, 7) is 3.19. The average Bonchev–Trinajstić information content (AvgIpc) is 2.75. The molecule has 2 atom stereocenters. The Bertz CT molecular complexity index is 356. The highest BCUT2D eigenvalue weighted by Crippen LogP contribution is 2.29. The molecule has 94 valence electrons. The molecule has 2 unspecified atom stereocenters. The summed E-state index contributed by atoms with van der Waals surface area (Å²) in [7, 11) is 0. The van der Waals surface area contributed by atoms with Gasteiger partial charge in [-0.05, 0) is 42.7 Å². The number of rotatable bonds is 5. The van der Waals surface area contributed by atoms with E-state index in [1.165, 1.54) is 30.6 Å². The highest BCUT2D eigenvalue weighted by atomic mass is 35.5. The quantitative estimate of drug-likeness (QED) is 0.864. The zero-order chi connectivity index (χ0) is 12.1. The first-order valence-electron chi connectivity index (χ1n) is 6.37. The van der Waals surface area contributed by atoms with Crippen LogP contribution in [0.1, 0.15) is 31.7 Å². The van der Waals surface area contributed by atoms with Crippen LogP contribution < -0.4 is 5.32 Å². The summed E-state index contributed by atoms with van der Waals surface area (Å²) in [6.07, 6.45) is 4.00. The van der Waals surface area contributed by atoms with Crippen LogP contribution in [0, 0.1) is 0 Å². The summed E-state index contributed by atoms with van der Waals surface area (Å²) in [6, 6.07) is 8.81. The summed E-state index contributed by atoms with van der Waals surface area (Å²) in [5.74, 6) is 1.24. The molecular weight excluding hydrogens is 250 g/mol. The van der Waals surface area contributed by atoms with Crippen molar-refractivity contribution in [3.05, 3.63) is 34.9 Å². The minimum absolute atomic E-state index is 0.693. The fraction of sp³-hybridized carbons (Fsp3) is 0.571. The van der Waals surface area contributed by atoms with Crippen molar-refractivity contribution < 1.29 is 0 Å². The van der Waals surface area contributed by atoms with Gasteiger partial charge in [-0.1, -0.05) is 30.7 Å². The van der Waals surface area contributed by atoms with E-state index in [0.717, 1.165) is 16.8 Å². The highest BCUT2D eigenvalue weighted by Gasteiger charge is 2.23. The second kappa shape index (κ2) is 6.67. The molecular formula is C14H20ClNS. The van der Waals surface area contributed by atoms with Crippen LogP contribution in [-0.4, -0.2) is 17.0 Å². The van der Waals surface area contributed by atoms with E-state index in [9.17, 15) is 0 Å². The predicted octanol–water partition coefficient (Wildman–Crippen LogP) is 4.10. The van der Waals surface area contributed by atoms with Crippen molar-refractivity contribution in [2.75, 3.05) is 5.75 Å². The van der Waals surface area contributed by atoms with Gasteiger partial charge >= 0.3 is 0 Å². The van der Waals surface area contributed by atoms with Crippen molar-refractivity contribution >= 4 is 23.4 Å². The Kier molecular flexibility index (Phi) is 5.20. The first-order valence-corrected chi connectivity index (χ1v) is 7.80. The molecule has 2 rings (SSSR count). The number of halogens is 1. The molecule has 1 nitrogen and oxygen atoms in total. The molecule has 3 heteroatoms. The summed E-state index contributed by atoms with van der Waals surface area (Å²) < 4.78 is 0. The van der Waals surface area contributed by atoms with Crippen molar-refractivity contribution in [3.63, 3.8) is 0 Å². The monoisotopic (exact) mass is 269 g/mol. The van der Waals surface area contributed by atoms with Gasteiger partial charge in [0, 0.05) is 22.9 Å². The third-order valence-electron chi connectivity index (χ3n) is 3.27.